The van der Waals surface area contributed by atoms with E-state index in [2.05, 4.69) is 19.9 Å². The van der Waals surface area contributed by atoms with Gasteiger partial charge < -0.3 is 10.4 Å². The SMILES string of the molecule is C[C@H](Nc1cc(F)c(S(=O)(=O)Nc2cscn2)cc1Cl)c1cc(CN2CCC2)ccc1F.O=CO. The Kier molecular flexibility index (Phi) is 9.00. The minimum atomic E-state index is -4.21. The minimum absolute atomic E-state index is 0.00551. The van der Waals surface area contributed by atoms with E-state index in [0.29, 0.717) is 5.56 Å². The predicted molar refractivity (Wildman–Crippen MR) is 131 cm³/mol. The summed E-state index contributed by atoms with van der Waals surface area (Å²) < 4.78 is 56.4. The van der Waals surface area contributed by atoms with E-state index in [1.54, 1.807) is 19.1 Å². The third-order valence-corrected chi connectivity index (χ3v) is 7.51. The molecular formula is C22H23ClF2N4O4S2. The van der Waals surface area contributed by atoms with Gasteiger partial charge in [0.25, 0.3) is 16.5 Å². The highest BCUT2D eigenvalue weighted by molar-refractivity contribution is 7.92. The van der Waals surface area contributed by atoms with Crippen LogP contribution >= 0.6 is 22.9 Å². The molecule has 8 nitrogen and oxygen atoms in total. The van der Waals surface area contributed by atoms with Crippen molar-refractivity contribution in [1.82, 2.24) is 9.88 Å². The van der Waals surface area contributed by atoms with Gasteiger partial charge in [-0.25, -0.2) is 22.2 Å². The summed E-state index contributed by atoms with van der Waals surface area (Å²) in [6, 6.07) is 6.45. The maximum absolute atomic E-state index is 14.7. The molecule has 13 heteroatoms. The molecule has 2 heterocycles. The summed E-state index contributed by atoms with van der Waals surface area (Å²) in [5, 5.41) is 11.4. The van der Waals surface area contributed by atoms with Crippen molar-refractivity contribution in [2.24, 2.45) is 0 Å². The van der Waals surface area contributed by atoms with Gasteiger partial charge in [-0.1, -0.05) is 17.7 Å². The van der Waals surface area contributed by atoms with E-state index in [0.717, 1.165) is 37.3 Å². The fourth-order valence-corrected chi connectivity index (χ4v) is 5.36. The van der Waals surface area contributed by atoms with Crippen molar-refractivity contribution in [2.75, 3.05) is 23.1 Å². The highest BCUT2D eigenvalue weighted by Crippen LogP contribution is 2.32. The lowest BCUT2D eigenvalue weighted by Crippen LogP contribution is -2.36. The van der Waals surface area contributed by atoms with Crippen molar-refractivity contribution in [3.8, 4) is 0 Å². The van der Waals surface area contributed by atoms with Crippen LogP contribution in [-0.2, 0) is 21.4 Å². The number of rotatable bonds is 8. The number of hydrogen-bond donors (Lipinski definition) is 3. The van der Waals surface area contributed by atoms with Crippen LogP contribution in [0, 0.1) is 11.6 Å². The first kappa shape index (κ1) is 26.8. The molecule has 1 aromatic heterocycles. The van der Waals surface area contributed by atoms with Gasteiger partial charge in [-0.15, -0.1) is 11.3 Å². The molecular weight excluding hydrogens is 522 g/mol. The standard InChI is InChI=1S/C21H21ClF2N4O2S2.CH2O2/c1-13(15-7-14(3-4-17(15)23)10-28-5-2-6-28)26-19-9-18(24)20(8-16(19)22)32(29,30)27-21-11-31-12-25-21;2-1-3/h3-4,7-9,11-13,26-27H,2,5-6,10H2,1H3;1H,(H,2,3)/t13-;/m0./s1. The normalized spacial score (nSPS) is 14.3. The highest BCUT2D eigenvalue weighted by atomic mass is 35.5. The topological polar surface area (TPSA) is 112 Å². The fraction of sp³-hybridized carbons (Fsp3) is 0.273. The number of nitrogens with zero attached hydrogens (tertiary/aromatic N) is 2. The Morgan fingerprint density at radius 3 is 2.57 bits per heavy atom. The molecule has 1 aliphatic rings. The molecule has 0 spiro atoms. The zero-order valence-electron chi connectivity index (χ0n) is 18.5. The average Bonchev–Trinajstić information content (AvgIpc) is 3.26. The van der Waals surface area contributed by atoms with Crippen LogP contribution in [-0.4, -0.2) is 43.0 Å². The largest absolute Gasteiger partial charge is 0.483 e. The molecule has 3 N–H and O–H groups in total. The quantitative estimate of drug-likeness (QED) is 0.344. The molecule has 188 valence electrons. The van der Waals surface area contributed by atoms with Gasteiger partial charge in [0, 0.05) is 17.5 Å². The van der Waals surface area contributed by atoms with Gasteiger partial charge in [0.05, 0.1) is 22.3 Å². The number of anilines is 2. The van der Waals surface area contributed by atoms with E-state index < -0.39 is 26.8 Å². The van der Waals surface area contributed by atoms with Gasteiger partial charge in [-0.2, -0.15) is 0 Å². The molecule has 1 saturated heterocycles. The number of nitrogens with one attached hydrogen (secondary N) is 2. The molecule has 2 aromatic carbocycles. The summed E-state index contributed by atoms with van der Waals surface area (Å²) in [5.41, 5.74) is 3.02. The maximum atomic E-state index is 14.7. The molecule has 4 rings (SSSR count). The summed E-state index contributed by atoms with van der Waals surface area (Å²) >= 11 is 7.45. The van der Waals surface area contributed by atoms with Gasteiger partial charge in [0.2, 0.25) is 0 Å². The van der Waals surface area contributed by atoms with Crippen molar-refractivity contribution in [1.29, 1.82) is 0 Å². The maximum Gasteiger partial charge on any atom is 0.290 e. The molecule has 0 saturated carbocycles. The van der Waals surface area contributed by atoms with Crippen molar-refractivity contribution in [3.63, 3.8) is 0 Å². The van der Waals surface area contributed by atoms with Crippen LogP contribution in [0.3, 0.4) is 0 Å². The van der Waals surface area contributed by atoms with E-state index in [-0.39, 0.29) is 28.8 Å². The van der Waals surface area contributed by atoms with E-state index in [1.165, 1.54) is 34.7 Å². The van der Waals surface area contributed by atoms with Crippen LogP contribution in [0.15, 0.2) is 46.1 Å². The van der Waals surface area contributed by atoms with Crippen molar-refractivity contribution < 1.29 is 27.1 Å². The summed E-state index contributed by atoms with van der Waals surface area (Å²) in [6.45, 7) is 4.28. The third-order valence-electron chi connectivity index (χ3n) is 5.24. The number of aromatic nitrogens is 1. The smallest absolute Gasteiger partial charge is 0.290 e. The van der Waals surface area contributed by atoms with E-state index in [4.69, 9.17) is 21.5 Å². The fourth-order valence-electron chi connectivity index (χ4n) is 3.43. The number of benzene rings is 2. The van der Waals surface area contributed by atoms with Gasteiger partial charge in [-0.05, 0) is 56.3 Å². The summed E-state index contributed by atoms with van der Waals surface area (Å²) in [4.78, 5) is 13.9. The summed E-state index contributed by atoms with van der Waals surface area (Å²) in [7, 11) is -4.21. The predicted octanol–water partition coefficient (Wildman–Crippen LogP) is 4.96. The molecule has 1 fully saturated rings. The molecule has 0 bridgehead atoms. The average molecular weight is 545 g/mol. The lowest BCUT2D eigenvalue weighted by molar-refractivity contribution is -0.122. The second-order valence-electron chi connectivity index (χ2n) is 7.70. The third kappa shape index (κ3) is 6.88. The molecule has 0 aliphatic carbocycles. The van der Waals surface area contributed by atoms with Crippen LogP contribution in [0.2, 0.25) is 5.02 Å². The van der Waals surface area contributed by atoms with Gasteiger partial charge in [-0.3, -0.25) is 14.4 Å². The number of likely N-dealkylation sites (tertiary alicyclic amines) is 1. The Balaban J connectivity index is 0.00000108. The van der Waals surface area contributed by atoms with Crippen molar-refractivity contribution in [3.05, 3.63) is 69.0 Å². The molecule has 1 atom stereocenters. The van der Waals surface area contributed by atoms with E-state index in [1.807, 2.05) is 0 Å². The highest BCUT2D eigenvalue weighted by Gasteiger charge is 2.23. The second-order valence-corrected chi connectivity index (χ2v) is 10.5. The number of sulfonamides is 1. The summed E-state index contributed by atoms with van der Waals surface area (Å²) in [6.07, 6.45) is 1.17. The van der Waals surface area contributed by atoms with Gasteiger partial charge in [0.15, 0.2) is 5.82 Å². The first-order valence-corrected chi connectivity index (χ1v) is 13.2. The van der Waals surface area contributed by atoms with Crippen molar-refractivity contribution >= 4 is 50.9 Å². The number of carbonyl (C=O) groups is 1. The minimum Gasteiger partial charge on any atom is -0.483 e. The Labute approximate surface area is 210 Å². The lowest BCUT2D eigenvalue weighted by atomic mass is 10.0. The van der Waals surface area contributed by atoms with Crippen LogP contribution in [0.4, 0.5) is 20.3 Å². The Morgan fingerprint density at radius 1 is 1.26 bits per heavy atom. The molecule has 0 unspecified atom stereocenters. The molecule has 1 aliphatic heterocycles. The first-order chi connectivity index (χ1) is 16.6. The Morgan fingerprint density at radius 2 is 1.97 bits per heavy atom. The monoisotopic (exact) mass is 544 g/mol. The summed E-state index contributed by atoms with van der Waals surface area (Å²) in [5.74, 6) is -1.28. The van der Waals surface area contributed by atoms with Gasteiger partial charge in [0.1, 0.15) is 16.5 Å². The molecule has 0 amide bonds. The number of hydrogen-bond acceptors (Lipinski definition) is 7. The van der Waals surface area contributed by atoms with E-state index >= 15 is 0 Å². The molecule has 3 aromatic rings. The van der Waals surface area contributed by atoms with Gasteiger partial charge >= 0.3 is 0 Å². The van der Waals surface area contributed by atoms with E-state index in [9.17, 15) is 17.2 Å². The number of carboxylic acid groups (broad SMARTS) is 1. The van der Waals surface area contributed by atoms with Crippen LogP contribution in [0.5, 0.6) is 0 Å². The first-order valence-electron chi connectivity index (χ1n) is 10.4. The molecule has 0 radical (unpaired) electrons. The lowest BCUT2D eigenvalue weighted by Gasteiger charge is -2.31. The number of halogens is 3. The van der Waals surface area contributed by atoms with Crippen LogP contribution in [0.1, 0.15) is 30.5 Å². The number of thiazole rings is 1. The Bertz CT molecular complexity index is 1270. The second kappa shape index (κ2) is 11.8. The van der Waals surface area contributed by atoms with Crippen LogP contribution < -0.4 is 10.0 Å². The Hall–Kier alpha value is -2.80. The zero-order valence-corrected chi connectivity index (χ0v) is 20.9. The molecule has 35 heavy (non-hydrogen) atoms. The van der Waals surface area contributed by atoms with Crippen molar-refractivity contribution in [2.45, 2.75) is 30.8 Å². The van der Waals surface area contributed by atoms with Crippen LogP contribution in [0.25, 0.3) is 0 Å². The zero-order chi connectivity index (χ0) is 25.6.